The number of carbonyl (C=O) groups excluding carboxylic acids is 1. The summed E-state index contributed by atoms with van der Waals surface area (Å²) in [6.07, 6.45) is -0.252. The van der Waals surface area contributed by atoms with Crippen molar-refractivity contribution < 1.29 is 17.9 Å². The third kappa shape index (κ3) is 7.40. The molecule has 2 fully saturated rings. The highest BCUT2D eigenvalue weighted by molar-refractivity contribution is 14.0. The first-order valence-electron chi connectivity index (χ1n) is 10.2. The fraction of sp³-hybridized carbons (Fsp3) is 0.895. The molecule has 1 N–H and O–H groups in total. The van der Waals surface area contributed by atoms with Gasteiger partial charge in [0.1, 0.15) is 5.60 Å². The van der Waals surface area contributed by atoms with E-state index in [4.69, 9.17) is 4.74 Å². The number of carbonyl (C=O) groups is 1. The molecular formula is C19H38IN5O4S. The summed E-state index contributed by atoms with van der Waals surface area (Å²) in [5.74, 6) is 0.883. The number of guanidine groups is 1. The van der Waals surface area contributed by atoms with E-state index in [1.165, 1.54) is 0 Å². The average molecular weight is 560 g/mol. The van der Waals surface area contributed by atoms with Gasteiger partial charge in [0, 0.05) is 59.4 Å². The van der Waals surface area contributed by atoms with Gasteiger partial charge in [-0.1, -0.05) is 0 Å². The van der Waals surface area contributed by atoms with Gasteiger partial charge in [0.05, 0.1) is 10.5 Å². The summed E-state index contributed by atoms with van der Waals surface area (Å²) in [7, 11) is -1.35. The van der Waals surface area contributed by atoms with Crippen molar-refractivity contribution in [3.05, 3.63) is 0 Å². The fourth-order valence-electron chi connectivity index (χ4n) is 3.46. The van der Waals surface area contributed by atoms with E-state index >= 15 is 0 Å². The summed E-state index contributed by atoms with van der Waals surface area (Å²) in [5.41, 5.74) is -0.476. The number of aliphatic imine (C=N–C) groups is 1. The molecule has 0 aromatic carbocycles. The van der Waals surface area contributed by atoms with Gasteiger partial charge in [0.15, 0.2) is 15.8 Å². The van der Waals surface area contributed by atoms with Crippen LogP contribution in [0.3, 0.4) is 0 Å². The second-order valence-electron chi connectivity index (χ2n) is 9.28. The van der Waals surface area contributed by atoms with Crippen molar-refractivity contribution in [3.63, 3.8) is 0 Å². The summed E-state index contributed by atoms with van der Waals surface area (Å²) < 4.78 is 29.1. The minimum atomic E-state index is -3.07. The van der Waals surface area contributed by atoms with Crippen molar-refractivity contribution in [2.45, 2.75) is 45.0 Å². The number of nitrogens with zero attached hydrogens (tertiary/aromatic N) is 4. The molecule has 0 saturated carbocycles. The van der Waals surface area contributed by atoms with Gasteiger partial charge in [0.2, 0.25) is 0 Å². The monoisotopic (exact) mass is 559 g/mol. The standard InChI is InChI=1S/C19H37N5O4S.HI/c1-18(2,3)28-17(25)23-11-9-22(10-12-23)8-7-21-16(20-6)24-13-14-29(26,27)19(4,5)15-24;/h7-15H2,1-6H3,(H,20,21);1H. The lowest BCUT2D eigenvalue weighted by Gasteiger charge is -2.39. The van der Waals surface area contributed by atoms with Gasteiger partial charge in [-0.15, -0.1) is 24.0 Å². The summed E-state index contributed by atoms with van der Waals surface area (Å²) in [5, 5.41) is 3.35. The van der Waals surface area contributed by atoms with Gasteiger partial charge in [0.25, 0.3) is 0 Å². The molecule has 0 unspecified atom stereocenters. The molecule has 2 saturated heterocycles. The van der Waals surface area contributed by atoms with Crippen LogP contribution >= 0.6 is 24.0 Å². The first-order valence-corrected chi connectivity index (χ1v) is 11.9. The molecule has 9 nitrogen and oxygen atoms in total. The van der Waals surface area contributed by atoms with Crippen LogP contribution in [0.25, 0.3) is 0 Å². The molecule has 0 aromatic rings. The highest BCUT2D eigenvalue weighted by atomic mass is 127. The van der Waals surface area contributed by atoms with E-state index in [1.807, 2.05) is 25.7 Å². The van der Waals surface area contributed by atoms with Gasteiger partial charge in [-0.25, -0.2) is 13.2 Å². The van der Waals surface area contributed by atoms with Crippen LogP contribution in [-0.4, -0.2) is 111 Å². The fourth-order valence-corrected chi connectivity index (χ4v) is 4.83. The predicted octanol–water partition coefficient (Wildman–Crippen LogP) is 1.24. The van der Waals surface area contributed by atoms with Crippen molar-refractivity contribution in [2.75, 3.05) is 65.2 Å². The van der Waals surface area contributed by atoms with E-state index in [1.54, 1.807) is 25.8 Å². The van der Waals surface area contributed by atoms with E-state index in [0.29, 0.717) is 32.7 Å². The van der Waals surface area contributed by atoms with E-state index in [-0.39, 0.29) is 35.8 Å². The van der Waals surface area contributed by atoms with Crippen LogP contribution in [0, 0.1) is 0 Å². The Hall–Kier alpha value is -0.820. The highest BCUT2D eigenvalue weighted by Gasteiger charge is 2.41. The summed E-state index contributed by atoms with van der Waals surface area (Å²) >= 11 is 0. The van der Waals surface area contributed by atoms with Crippen molar-refractivity contribution >= 4 is 45.9 Å². The Morgan fingerprint density at radius 2 is 1.70 bits per heavy atom. The number of piperazine rings is 1. The van der Waals surface area contributed by atoms with Crippen LogP contribution in [0.15, 0.2) is 4.99 Å². The van der Waals surface area contributed by atoms with Crippen LogP contribution in [-0.2, 0) is 14.6 Å². The number of ether oxygens (including phenoxy) is 1. The van der Waals surface area contributed by atoms with Crippen LogP contribution in [0.4, 0.5) is 4.79 Å². The first-order chi connectivity index (χ1) is 13.3. The summed E-state index contributed by atoms with van der Waals surface area (Å²) in [6, 6.07) is 0. The molecule has 2 heterocycles. The summed E-state index contributed by atoms with van der Waals surface area (Å²) in [6.45, 7) is 14.5. The maximum absolute atomic E-state index is 12.2. The zero-order chi connectivity index (χ0) is 21.9. The minimum Gasteiger partial charge on any atom is -0.444 e. The Morgan fingerprint density at radius 1 is 1.10 bits per heavy atom. The molecule has 2 aliphatic rings. The van der Waals surface area contributed by atoms with Crippen LogP contribution in [0.1, 0.15) is 34.6 Å². The van der Waals surface area contributed by atoms with Gasteiger partial charge >= 0.3 is 6.09 Å². The molecule has 0 radical (unpaired) electrons. The van der Waals surface area contributed by atoms with E-state index in [0.717, 1.165) is 25.6 Å². The maximum Gasteiger partial charge on any atom is 0.410 e. The smallest absolute Gasteiger partial charge is 0.410 e. The van der Waals surface area contributed by atoms with E-state index in [9.17, 15) is 13.2 Å². The van der Waals surface area contributed by atoms with Crippen molar-refractivity contribution in [1.29, 1.82) is 0 Å². The number of nitrogens with one attached hydrogen (secondary N) is 1. The predicted molar refractivity (Wildman–Crippen MR) is 130 cm³/mol. The van der Waals surface area contributed by atoms with Gasteiger partial charge in [-0.2, -0.15) is 0 Å². The lowest BCUT2D eigenvalue weighted by Crippen LogP contribution is -2.58. The van der Waals surface area contributed by atoms with Crippen molar-refractivity contribution in [2.24, 2.45) is 4.99 Å². The van der Waals surface area contributed by atoms with Crippen LogP contribution in [0.2, 0.25) is 0 Å². The average Bonchev–Trinajstić information content (AvgIpc) is 2.60. The molecule has 2 rings (SSSR count). The molecule has 30 heavy (non-hydrogen) atoms. The topological polar surface area (TPSA) is 94.6 Å². The Kier molecular flexibility index (Phi) is 9.68. The molecule has 1 amide bonds. The Labute approximate surface area is 198 Å². The van der Waals surface area contributed by atoms with Crippen LogP contribution in [0.5, 0.6) is 0 Å². The molecule has 0 aliphatic carbocycles. The molecular weight excluding hydrogens is 521 g/mol. The van der Waals surface area contributed by atoms with E-state index < -0.39 is 20.2 Å². The number of rotatable bonds is 3. The third-order valence-electron chi connectivity index (χ3n) is 5.29. The molecule has 0 bridgehead atoms. The molecule has 176 valence electrons. The third-order valence-corrected chi connectivity index (χ3v) is 7.82. The lowest BCUT2D eigenvalue weighted by atomic mass is 10.2. The minimum absolute atomic E-state index is 0. The largest absolute Gasteiger partial charge is 0.444 e. The quantitative estimate of drug-likeness (QED) is 0.316. The molecule has 2 aliphatic heterocycles. The Balaban J connectivity index is 0.00000450. The number of hydrogen-bond acceptors (Lipinski definition) is 6. The van der Waals surface area contributed by atoms with E-state index in [2.05, 4.69) is 15.2 Å². The molecule has 0 aromatic heterocycles. The lowest BCUT2D eigenvalue weighted by molar-refractivity contribution is 0.0147. The summed E-state index contributed by atoms with van der Waals surface area (Å²) in [4.78, 5) is 22.5. The van der Waals surface area contributed by atoms with Crippen molar-refractivity contribution in [1.82, 2.24) is 20.0 Å². The first kappa shape index (κ1) is 27.2. The second-order valence-corrected chi connectivity index (χ2v) is 12.0. The van der Waals surface area contributed by atoms with Crippen molar-refractivity contribution in [3.8, 4) is 0 Å². The second kappa shape index (κ2) is 10.7. The number of halogens is 1. The van der Waals surface area contributed by atoms with Gasteiger partial charge in [-0.3, -0.25) is 9.89 Å². The number of sulfone groups is 1. The van der Waals surface area contributed by atoms with Crippen LogP contribution < -0.4 is 5.32 Å². The molecule has 11 heteroatoms. The van der Waals surface area contributed by atoms with Gasteiger partial charge < -0.3 is 19.9 Å². The van der Waals surface area contributed by atoms with Gasteiger partial charge in [-0.05, 0) is 34.6 Å². The Bertz CT molecular complexity index is 713. The number of hydrogen-bond donors (Lipinski definition) is 1. The Morgan fingerprint density at radius 3 is 2.20 bits per heavy atom. The molecule has 0 atom stereocenters. The number of amides is 1. The normalized spacial score (nSPS) is 22.3. The zero-order valence-corrected chi connectivity index (χ0v) is 22.2. The zero-order valence-electron chi connectivity index (χ0n) is 19.1. The molecule has 0 spiro atoms. The highest BCUT2D eigenvalue weighted by Crippen LogP contribution is 2.23. The SMILES string of the molecule is CN=C(NCCN1CCN(C(=O)OC(C)(C)C)CC1)N1CCS(=O)(=O)C(C)(C)C1.I. The maximum atomic E-state index is 12.2.